The van der Waals surface area contributed by atoms with Crippen LogP contribution in [-0.4, -0.2) is 24.9 Å². The van der Waals surface area contributed by atoms with E-state index in [0.717, 1.165) is 14.0 Å². The summed E-state index contributed by atoms with van der Waals surface area (Å²) < 4.78 is 11.4. The van der Waals surface area contributed by atoms with Crippen molar-refractivity contribution in [2.24, 2.45) is 0 Å². The largest absolute Gasteiger partial charge is 0.497 e. The fourth-order valence-electron chi connectivity index (χ4n) is 3.34. The van der Waals surface area contributed by atoms with Crippen LogP contribution >= 0.6 is 34.2 Å². The predicted molar refractivity (Wildman–Crippen MR) is 137 cm³/mol. The van der Waals surface area contributed by atoms with Crippen LogP contribution in [0.15, 0.2) is 77.5 Å². The highest BCUT2D eigenvalue weighted by Crippen LogP contribution is 2.32. The number of methoxy groups -OCH3 is 1. The molecular formula is C25H18ClIN2O5. The third-order valence-electron chi connectivity index (χ3n) is 5.09. The van der Waals surface area contributed by atoms with Crippen molar-refractivity contribution in [1.82, 2.24) is 0 Å². The molecule has 1 aliphatic heterocycles. The summed E-state index contributed by atoms with van der Waals surface area (Å²) in [5.74, 6) is -0.660. The van der Waals surface area contributed by atoms with E-state index in [2.05, 4.69) is 27.9 Å². The minimum absolute atomic E-state index is 0.0295. The number of esters is 1. The number of carbonyl (C=O) groups is 3. The zero-order valence-corrected chi connectivity index (χ0v) is 21.0. The minimum Gasteiger partial charge on any atom is -0.497 e. The zero-order valence-electron chi connectivity index (χ0n) is 18.1. The van der Waals surface area contributed by atoms with Crippen molar-refractivity contribution in [2.45, 2.75) is 6.92 Å². The number of nitrogens with zero attached hydrogens (tertiary/aromatic N) is 1. The van der Waals surface area contributed by atoms with Crippen molar-refractivity contribution < 1.29 is 23.9 Å². The summed E-state index contributed by atoms with van der Waals surface area (Å²) in [6, 6.07) is 18.3. The lowest BCUT2D eigenvalue weighted by atomic mass is 10.2. The van der Waals surface area contributed by atoms with Crippen molar-refractivity contribution in [3.05, 3.63) is 92.2 Å². The number of hydrogen-bond acceptors (Lipinski definition) is 6. The van der Waals surface area contributed by atoms with Crippen LogP contribution in [0.1, 0.15) is 15.9 Å². The number of nitrogens with one attached hydrogen (secondary N) is 1. The molecule has 1 N–H and O–H groups in total. The van der Waals surface area contributed by atoms with Gasteiger partial charge in [-0.05, 0) is 102 Å². The molecule has 1 heterocycles. The number of anilines is 2. The molecule has 0 atom stereocenters. The second kappa shape index (κ2) is 9.86. The first kappa shape index (κ1) is 23.8. The first-order valence-corrected chi connectivity index (χ1v) is 11.5. The summed E-state index contributed by atoms with van der Waals surface area (Å²) in [4.78, 5) is 39.2. The second-order valence-corrected chi connectivity index (χ2v) is 8.96. The molecule has 0 fully saturated rings. The van der Waals surface area contributed by atoms with E-state index in [-0.39, 0.29) is 10.7 Å². The number of hydrogen-bond donors (Lipinski definition) is 1. The highest BCUT2D eigenvalue weighted by atomic mass is 127. The lowest BCUT2D eigenvalue weighted by Gasteiger charge is -2.17. The van der Waals surface area contributed by atoms with Crippen LogP contribution < -0.4 is 19.7 Å². The molecule has 172 valence electrons. The summed E-state index contributed by atoms with van der Waals surface area (Å²) in [5, 5.41) is 2.70. The SMILES string of the molecule is COc1ccc(OC(=O)c2ccc(NC3=C(Cl)C(=O)N(c4ccc(I)cc4C)C3=O)cc2)cc1. The lowest BCUT2D eigenvalue weighted by Crippen LogP contribution is -2.32. The van der Waals surface area contributed by atoms with Crippen LogP contribution in [0, 0.1) is 10.5 Å². The molecule has 9 heteroatoms. The third-order valence-corrected chi connectivity index (χ3v) is 6.11. The van der Waals surface area contributed by atoms with Gasteiger partial charge in [-0.15, -0.1) is 0 Å². The highest BCUT2D eigenvalue weighted by molar-refractivity contribution is 14.1. The molecule has 0 bridgehead atoms. The minimum atomic E-state index is -0.599. The molecule has 0 unspecified atom stereocenters. The summed E-state index contributed by atoms with van der Waals surface area (Å²) in [6.07, 6.45) is 0. The molecule has 0 saturated carbocycles. The van der Waals surface area contributed by atoms with Crippen LogP contribution in [0.2, 0.25) is 0 Å². The number of imide groups is 1. The molecule has 2 amide bonds. The summed E-state index contributed by atoms with van der Waals surface area (Å²) in [6.45, 7) is 1.82. The molecule has 0 spiro atoms. The Hall–Kier alpha value is -3.37. The van der Waals surface area contributed by atoms with Gasteiger partial charge in [0, 0.05) is 9.26 Å². The van der Waals surface area contributed by atoms with E-state index in [1.165, 1.54) is 0 Å². The van der Waals surface area contributed by atoms with Crippen LogP contribution in [0.3, 0.4) is 0 Å². The molecule has 4 rings (SSSR count). The fraction of sp³-hybridized carbons (Fsp3) is 0.0800. The number of carbonyl (C=O) groups excluding carboxylic acids is 3. The van der Waals surface area contributed by atoms with Crippen LogP contribution in [0.5, 0.6) is 11.5 Å². The number of ether oxygens (including phenoxy) is 2. The Morgan fingerprint density at radius 3 is 2.21 bits per heavy atom. The highest BCUT2D eigenvalue weighted by Gasteiger charge is 2.39. The van der Waals surface area contributed by atoms with Gasteiger partial charge < -0.3 is 14.8 Å². The molecule has 1 aliphatic rings. The Labute approximate surface area is 214 Å². The lowest BCUT2D eigenvalue weighted by molar-refractivity contribution is -0.120. The topological polar surface area (TPSA) is 84.9 Å². The smallest absolute Gasteiger partial charge is 0.343 e. The van der Waals surface area contributed by atoms with E-state index < -0.39 is 17.8 Å². The van der Waals surface area contributed by atoms with Crippen LogP contribution in [0.25, 0.3) is 0 Å². The van der Waals surface area contributed by atoms with Crippen molar-refractivity contribution in [1.29, 1.82) is 0 Å². The van der Waals surface area contributed by atoms with E-state index in [9.17, 15) is 14.4 Å². The molecule has 0 radical (unpaired) electrons. The number of amides is 2. The average Bonchev–Trinajstić information content (AvgIpc) is 3.03. The third kappa shape index (κ3) is 4.78. The quantitative estimate of drug-likeness (QED) is 0.183. The van der Waals surface area contributed by atoms with Gasteiger partial charge in [-0.3, -0.25) is 9.59 Å². The number of halogens is 2. The Kier molecular flexibility index (Phi) is 6.90. The van der Waals surface area contributed by atoms with Gasteiger partial charge >= 0.3 is 5.97 Å². The Morgan fingerprint density at radius 2 is 1.59 bits per heavy atom. The predicted octanol–water partition coefficient (Wildman–Crippen LogP) is 5.26. The van der Waals surface area contributed by atoms with Gasteiger partial charge in [0.15, 0.2) is 0 Å². The Bertz CT molecular complexity index is 1320. The molecular weight excluding hydrogens is 571 g/mol. The van der Waals surface area contributed by atoms with Gasteiger partial charge in [0.2, 0.25) is 0 Å². The summed E-state index contributed by atoms with van der Waals surface area (Å²) in [5.41, 5.74) is 2.02. The molecule has 3 aromatic carbocycles. The maximum absolute atomic E-state index is 13.0. The second-order valence-electron chi connectivity index (χ2n) is 7.33. The van der Waals surface area contributed by atoms with E-state index in [0.29, 0.717) is 28.4 Å². The van der Waals surface area contributed by atoms with E-state index in [4.69, 9.17) is 21.1 Å². The fourth-order valence-corrected chi connectivity index (χ4v) is 4.20. The van der Waals surface area contributed by atoms with Gasteiger partial charge in [-0.1, -0.05) is 11.6 Å². The van der Waals surface area contributed by atoms with Gasteiger partial charge in [0.05, 0.1) is 18.4 Å². The first-order valence-electron chi connectivity index (χ1n) is 10.1. The van der Waals surface area contributed by atoms with Crippen LogP contribution in [0.4, 0.5) is 11.4 Å². The summed E-state index contributed by atoms with van der Waals surface area (Å²) >= 11 is 8.38. The average molecular weight is 589 g/mol. The monoisotopic (exact) mass is 588 g/mol. The Balaban J connectivity index is 1.47. The zero-order chi connectivity index (χ0) is 24.4. The van der Waals surface area contributed by atoms with Crippen LogP contribution in [-0.2, 0) is 9.59 Å². The van der Waals surface area contributed by atoms with Crippen molar-refractivity contribution in [2.75, 3.05) is 17.3 Å². The van der Waals surface area contributed by atoms with E-state index in [1.807, 2.05) is 19.1 Å². The Morgan fingerprint density at radius 1 is 0.941 bits per heavy atom. The molecule has 34 heavy (non-hydrogen) atoms. The molecule has 0 saturated heterocycles. The van der Waals surface area contributed by atoms with Gasteiger partial charge in [-0.25, -0.2) is 9.69 Å². The van der Waals surface area contributed by atoms with Gasteiger partial charge in [-0.2, -0.15) is 0 Å². The molecule has 0 aromatic heterocycles. The van der Waals surface area contributed by atoms with Gasteiger partial charge in [0.25, 0.3) is 11.8 Å². The van der Waals surface area contributed by atoms with E-state index in [1.54, 1.807) is 61.7 Å². The first-order chi connectivity index (χ1) is 16.3. The number of aryl methyl sites for hydroxylation is 1. The van der Waals surface area contributed by atoms with Crippen molar-refractivity contribution >= 4 is 63.4 Å². The number of benzene rings is 3. The maximum atomic E-state index is 13.0. The van der Waals surface area contributed by atoms with E-state index >= 15 is 0 Å². The normalized spacial score (nSPS) is 13.4. The number of rotatable bonds is 6. The maximum Gasteiger partial charge on any atom is 0.343 e. The molecule has 3 aromatic rings. The van der Waals surface area contributed by atoms with Crippen molar-refractivity contribution in [3.63, 3.8) is 0 Å². The molecule has 0 aliphatic carbocycles. The molecule has 7 nitrogen and oxygen atoms in total. The van der Waals surface area contributed by atoms with Crippen molar-refractivity contribution in [3.8, 4) is 11.5 Å². The van der Waals surface area contributed by atoms with Gasteiger partial charge in [0.1, 0.15) is 22.2 Å². The standard InChI is InChI=1S/C25H18ClIN2O5/c1-14-13-16(27)5-12-20(14)29-23(30)21(26)22(24(29)31)28-17-6-3-15(4-7-17)25(32)34-19-10-8-18(33-2)9-11-19/h3-13,28H,1-2H3. The summed E-state index contributed by atoms with van der Waals surface area (Å²) in [7, 11) is 1.55.